The average molecular weight is 700 g/mol. The van der Waals surface area contributed by atoms with Gasteiger partial charge in [-0.1, -0.05) is 55.3 Å². The zero-order valence-corrected chi connectivity index (χ0v) is 26.4. The summed E-state index contributed by atoms with van der Waals surface area (Å²) in [7, 11) is 0. The Bertz CT molecular complexity index is 1440. The molecule has 2 heterocycles. The number of carbonyl (C=O) groups is 1. The topological polar surface area (TPSA) is 67.4 Å². The van der Waals surface area contributed by atoms with Crippen LogP contribution in [0.15, 0.2) is 42.0 Å². The number of alkyl halides is 3. The summed E-state index contributed by atoms with van der Waals surface area (Å²) < 4.78 is 26.1. The van der Waals surface area contributed by atoms with Gasteiger partial charge in [0.15, 0.2) is 8.16 Å². The highest BCUT2D eigenvalue weighted by molar-refractivity contribution is 14.1. The second kappa shape index (κ2) is 11.8. The standard InChI is InChI=1S/C30H33Cl2FIN3O3/c1-4-39-28(38)29(33)12-5-13-37(17-29)30(32,34)22-9-6-20-15-23(10-7-19(20)14-22)40-26(18(2)3)21-8-11-25-24(16-21)27(31)36-35-25/h7-8,10-11,14-16,18,26H,4-6,9,12-13,17H2,1-3H3,(H,35,36). The number of halogens is 4. The molecule has 2 aliphatic rings. The molecular weight excluding hydrogens is 667 g/mol. The Balaban J connectivity index is 1.35. The van der Waals surface area contributed by atoms with Crippen molar-refractivity contribution in [3.8, 4) is 5.75 Å². The van der Waals surface area contributed by atoms with Crippen LogP contribution in [0.3, 0.4) is 0 Å². The van der Waals surface area contributed by atoms with Crippen molar-refractivity contribution in [2.24, 2.45) is 5.92 Å². The van der Waals surface area contributed by atoms with Gasteiger partial charge in [0.05, 0.1) is 12.1 Å². The first-order valence-corrected chi connectivity index (χ1v) is 15.5. The highest BCUT2D eigenvalue weighted by atomic mass is 127. The molecule has 0 radical (unpaired) electrons. The number of H-pyrrole nitrogens is 1. The number of ether oxygens (including phenoxy) is 2. The van der Waals surface area contributed by atoms with Crippen molar-refractivity contribution < 1.29 is 18.7 Å². The van der Waals surface area contributed by atoms with E-state index in [-0.39, 0.29) is 31.6 Å². The zero-order chi connectivity index (χ0) is 28.7. The van der Waals surface area contributed by atoms with Gasteiger partial charge in [0, 0.05) is 18.5 Å². The number of rotatable bonds is 8. The number of carbonyl (C=O) groups excluding carboxylic acids is 1. The molecule has 0 bridgehead atoms. The number of fused-ring (bicyclic) bond motifs is 2. The smallest absolute Gasteiger partial charge is 0.345 e. The summed E-state index contributed by atoms with van der Waals surface area (Å²) in [6, 6.07) is 12.2. The Hall–Kier alpha value is -1.88. The van der Waals surface area contributed by atoms with Gasteiger partial charge < -0.3 is 9.47 Å². The minimum atomic E-state index is -2.04. The molecule has 3 unspecified atom stereocenters. The van der Waals surface area contributed by atoms with E-state index in [0.29, 0.717) is 18.1 Å². The van der Waals surface area contributed by atoms with E-state index < -0.39 is 14.6 Å². The molecule has 1 aromatic heterocycles. The summed E-state index contributed by atoms with van der Waals surface area (Å²) in [5.41, 5.74) is 3.12. The van der Waals surface area contributed by atoms with Crippen LogP contribution in [0.2, 0.25) is 5.15 Å². The lowest BCUT2D eigenvalue weighted by molar-refractivity contribution is -0.161. The second-order valence-corrected chi connectivity index (χ2v) is 14.0. The lowest BCUT2D eigenvalue weighted by atomic mass is 9.90. The van der Waals surface area contributed by atoms with Crippen LogP contribution in [0.5, 0.6) is 5.75 Å². The number of hydrogen-bond acceptors (Lipinski definition) is 5. The number of esters is 1. The fraction of sp³-hybridized carbons (Fsp3) is 0.467. The molecule has 40 heavy (non-hydrogen) atoms. The summed E-state index contributed by atoms with van der Waals surface area (Å²) in [5.74, 6) is 0.224. The monoisotopic (exact) mass is 699 g/mol. The van der Waals surface area contributed by atoms with Crippen LogP contribution in [0, 0.1) is 5.92 Å². The number of hydrogen-bond donors (Lipinski definition) is 1. The van der Waals surface area contributed by atoms with Crippen LogP contribution >= 0.6 is 45.8 Å². The molecule has 1 aliphatic carbocycles. The number of aryl methyl sites for hydroxylation is 1. The maximum atomic E-state index is 15.5. The van der Waals surface area contributed by atoms with Crippen molar-refractivity contribution in [3.63, 3.8) is 0 Å². The molecule has 5 rings (SSSR count). The Labute approximate surface area is 257 Å². The maximum absolute atomic E-state index is 15.5. The summed E-state index contributed by atoms with van der Waals surface area (Å²) in [6.07, 6.45) is 4.13. The molecule has 1 fully saturated rings. The van der Waals surface area contributed by atoms with Crippen molar-refractivity contribution in [1.29, 1.82) is 0 Å². The number of nitrogens with zero attached hydrogens (tertiary/aromatic N) is 2. The number of likely N-dealkylation sites (tertiary alicyclic amines) is 1. The van der Waals surface area contributed by atoms with Crippen LogP contribution in [0.4, 0.5) is 4.39 Å². The van der Waals surface area contributed by atoms with Crippen LogP contribution < -0.4 is 4.74 Å². The van der Waals surface area contributed by atoms with Gasteiger partial charge in [-0.3, -0.25) is 10.00 Å². The first-order chi connectivity index (χ1) is 19.0. The predicted octanol–water partition coefficient (Wildman–Crippen LogP) is 8.02. The third kappa shape index (κ3) is 5.87. The molecule has 1 saturated heterocycles. The van der Waals surface area contributed by atoms with E-state index in [0.717, 1.165) is 46.2 Å². The van der Waals surface area contributed by atoms with E-state index >= 15 is 4.39 Å². The highest BCUT2D eigenvalue weighted by Gasteiger charge is 2.49. The van der Waals surface area contributed by atoms with Crippen molar-refractivity contribution in [3.05, 3.63) is 63.8 Å². The molecular formula is C30H33Cl2FIN3O3. The van der Waals surface area contributed by atoms with Crippen LogP contribution in [-0.4, -0.2) is 49.4 Å². The maximum Gasteiger partial charge on any atom is 0.345 e. The van der Waals surface area contributed by atoms with Crippen molar-refractivity contribution in [1.82, 2.24) is 15.1 Å². The summed E-state index contributed by atoms with van der Waals surface area (Å²) >= 11 is 15.5. The quantitative estimate of drug-likeness (QED) is 0.112. The Morgan fingerprint density at radius 1 is 1.27 bits per heavy atom. The number of aromatic amines is 1. The number of piperidine rings is 1. The lowest BCUT2D eigenvalue weighted by Crippen LogP contribution is -2.56. The van der Waals surface area contributed by atoms with E-state index in [1.54, 1.807) is 6.92 Å². The van der Waals surface area contributed by atoms with Crippen LogP contribution in [0.1, 0.15) is 62.8 Å². The van der Waals surface area contributed by atoms with E-state index in [1.807, 2.05) is 29.2 Å². The molecule has 6 nitrogen and oxygen atoms in total. The molecule has 0 spiro atoms. The fourth-order valence-corrected chi connectivity index (χ4v) is 6.90. The first-order valence-electron chi connectivity index (χ1n) is 13.6. The van der Waals surface area contributed by atoms with E-state index in [4.69, 9.17) is 32.7 Å². The van der Waals surface area contributed by atoms with E-state index in [9.17, 15) is 4.79 Å². The van der Waals surface area contributed by atoms with Crippen molar-refractivity contribution in [2.45, 2.75) is 61.2 Å². The lowest BCUT2D eigenvalue weighted by Gasteiger charge is -2.43. The molecule has 1 aliphatic heterocycles. The SMILES string of the molecule is CCOC(=O)C1(F)CCCN(C(Cl)(I)C2=Cc3ccc(OC(c4ccc5[nH]nc(Cl)c5c4)C(C)C)cc3CC2)C1. The van der Waals surface area contributed by atoms with Crippen molar-refractivity contribution in [2.75, 3.05) is 19.7 Å². The number of nitrogens with one attached hydrogen (secondary N) is 1. The van der Waals surface area contributed by atoms with Crippen molar-refractivity contribution >= 4 is 68.7 Å². The number of benzene rings is 2. The third-order valence-electron chi connectivity index (χ3n) is 7.71. The minimum Gasteiger partial charge on any atom is -0.485 e. The molecule has 2 aromatic carbocycles. The second-order valence-electron chi connectivity index (χ2n) is 10.9. The zero-order valence-electron chi connectivity index (χ0n) is 22.8. The summed E-state index contributed by atoms with van der Waals surface area (Å²) in [5, 5.41) is 8.35. The Kier molecular flexibility index (Phi) is 8.72. The van der Waals surface area contributed by atoms with Gasteiger partial charge >= 0.3 is 5.97 Å². The fourth-order valence-electron chi connectivity index (χ4n) is 5.57. The predicted molar refractivity (Wildman–Crippen MR) is 166 cm³/mol. The first kappa shape index (κ1) is 29.6. The molecule has 3 atom stereocenters. The Morgan fingerprint density at radius 2 is 2.08 bits per heavy atom. The van der Waals surface area contributed by atoms with Gasteiger partial charge in [-0.05, 0) is 108 Å². The Morgan fingerprint density at radius 3 is 2.83 bits per heavy atom. The van der Waals surface area contributed by atoms with Gasteiger partial charge in [0.1, 0.15) is 11.9 Å². The largest absolute Gasteiger partial charge is 0.485 e. The molecule has 0 saturated carbocycles. The molecule has 0 amide bonds. The van der Waals surface area contributed by atoms with Gasteiger partial charge in [-0.15, -0.1) is 0 Å². The van der Waals surface area contributed by atoms with Gasteiger partial charge in [0.2, 0.25) is 5.67 Å². The average Bonchev–Trinajstić information content (AvgIpc) is 3.31. The summed E-state index contributed by atoms with van der Waals surface area (Å²) in [4.78, 5) is 14.2. The minimum absolute atomic E-state index is 0.0817. The number of aromatic nitrogens is 2. The molecule has 3 aromatic rings. The van der Waals surface area contributed by atoms with Gasteiger partial charge in [0.25, 0.3) is 0 Å². The van der Waals surface area contributed by atoms with E-state index in [1.165, 1.54) is 5.56 Å². The molecule has 1 N–H and O–H groups in total. The van der Waals surface area contributed by atoms with E-state index in [2.05, 4.69) is 64.8 Å². The normalized spacial score (nSPS) is 21.9. The molecule has 10 heteroatoms. The highest BCUT2D eigenvalue weighted by Crippen LogP contribution is 2.46. The van der Waals surface area contributed by atoms with Gasteiger partial charge in [-0.25, -0.2) is 9.18 Å². The molecule has 214 valence electrons. The van der Waals surface area contributed by atoms with Crippen LogP contribution in [0.25, 0.3) is 17.0 Å². The van der Waals surface area contributed by atoms with Gasteiger partial charge in [-0.2, -0.15) is 5.10 Å². The summed E-state index contributed by atoms with van der Waals surface area (Å²) in [6.45, 7) is 6.64. The third-order valence-corrected chi connectivity index (χ3v) is 9.86. The van der Waals surface area contributed by atoms with Crippen LogP contribution in [-0.2, 0) is 16.0 Å².